The van der Waals surface area contributed by atoms with Crippen molar-refractivity contribution in [3.05, 3.63) is 59.2 Å². The van der Waals surface area contributed by atoms with Crippen molar-refractivity contribution in [3.63, 3.8) is 0 Å². The van der Waals surface area contributed by atoms with Crippen molar-refractivity contribution in [3.8, 4) is 11.4 Å². The van der Waals surface area contributed by atoms with Gasteiger partial charge in [-0.2, -0.15) is 5.10 Å². The van der Waals surface area contributed by atoms with Crippen molar-refractivity contribution in [2.45, 2.75) is 6.92 Å². The molecular formula is C19H17FN6O. The summed E-state index contributed by atoms with van der Waals surface area (Å²) in [5.41, 5.74) is 8.38. The molecule has 136 valence electrons. The third kappa shape index (κ3) is 2.75. The Morgan fingerprint density at radius 1 is 1.19 bits per heavy atom. The standard InChI is InChI=1S/C19H17FN6O/c1-3-26-14(10-11-6-4-5-7-12(11)20)17-15(18(26)27)16(22-19(21)23-17)13-8-9-25(2)24-13/h4-10H,3H2,1-2H3,(H2,21,22,23)/b14-10+. The van der Waals surface area contributed by atoms with Crippen LogP contribution >= 0.6 is 0 Å². The number of aromatic nitrogens is 4. The van der Waals surface area contributed by atoms with Crippen LogP contribution in [0.15, 0.2) is 36.5 Å². The molecule has 1 aliphatic heterocycles. The predicted molar refractivity (Wildman–Crippen MR) is 99.6 cm³/mol. The number of nitrogens with two attached hydrogens (primary N) is 1. The Bertz CT molecular complexity index is 1090. The number of aryl methyl sites for hydroxylation is 1. The van der Waals surface area contributed by atoms with E-state index in [4.69, 9.17) is 5.73 Å². The zero-order valence-corrected chi connectivity index (χ0v) is 14.8. The summed E-state index contributed by atoms with van der Waals surface area (Å²) in [4.78, 5) is 23.1. The monoisotopic (exact) mass is 364 g/mol. The molecule has 27 heavy (non-hydrogen) atoms. The van der Waals surface area contributed by atoms with Gasteiger partial charge in [0.05, 0.1) is 11.3 Å². The summed E-state index contributed by atoms with van der Waals surface area (Å²) in [5, 5.41) is 4.33. The van der Waals surface area contributed by atoms with Crippen LogP contribution < -0.4 is 5.73 Å². The minimum absolute atomic E-state index is 0.0274. The highest BCUT2D eigenvalue weighted by atomic mass is 19.1. The molecule has 1 aliphatic rings. The highest BCUT2D eigenvalue weighted by Gasteiger charge is 2.37. The van der Waals surface area contributed by atoms with Gasteiger partial charge in [0.2, 0.25) is 5.95 Å². The molecule has 7 nitrogen and oxygen atoms in total. The summed E-state index contributed by atoms with van der Waals surface area (Å²) in [6, 6.07) is 8.11. The number of benzene rings is 1. The SMILES string of the molecule is CCN1C(=O)c2c(nc(N)nc2-c2ccn(C)n2)/C1=C\c1ccccc1F. The van der Waals surface area contributed by atoms with Crippen LogP contribution in [-0.4, -0.2) is 37.1 Å². The van der Waals surface area contributed by atoms with Crippen LogP contribution in [0.5, 0.6) is 0 Å². The molecule has 0 spiro atoms. The largest absolute Gasteiger partial charge is 0.368 e. The lowest BCUT2D eigenvalue weighted by molar-refractivity contribution is 0.0856. The first-order chi connectivity index (χ1) is 13.0. The Balaban J connectivity index is 1.97. The maximum absolute atomic E-state index is 14.2. The first-order valence-electron chi connectivity index (χ1n) is 8.45. The fourth-order valence-corrected chi connectivity index (χ4v) is 3.16. The van der Waals surface area contributed by atoms with E-state index in [9.17, 15) is 9.18 Å². The smallest absolute Gasteiger partial charge is 0.262 e. The molecule has 0 atom stereocenters. The van der Waals surface area contributed by atoms with Crippen molar-refractivity contribution < 1.29 is 9.18 Å². The van der Waals surface area contributed by atoms with Gasteiger partial charge in [-0.3, -0.25) is 9.48 Å². The van der Waals surface area contributed by atoms with Crippen molar-refractivity contribution in [1.82, 2.24) is 24.6 Å². The molecule has 8 heteroatoms. The first kappa shape index (κ1) is 16.9. The van der Waals surface area contributed by atoms with Crippen LogP contribution in [0.1, 0.15) is 28.5 Å². The molecule has 0 aliphatic carbocycles. The summed E-state index contributed by atoms with van der Waals surface area (Å²) < 4.78 is 15.8. The highest BCUT2D eigenvalue weighted by Crippen LogP contribution is 2.37. The van der Waals surface area contributed by atoms with Crippen molar-refractivity contribution >= 4 is 23.6 Å². The maximum atomic E-state index is 14.2. The number of amides is 1. The number of anilines is 1. The highest BCUT2D eigenvalue weighted by molar-refractivity contribution is 6.14. The van der Waals surface area contributed by atoms with Crippen LogP contribution in [0, 0.1) is 5.82 Å². The lowest BCUT2D eigenvalue weighted by atomic mass is 10.1. The van der Waals surface area contributed by atoms with E-state index in [2.05, 4.69) is 15.1 Å². The van der Waals surface area contributed by atoms with Gasteiger partial charge in [0.25, 0.3) is 5.91 Å². The van der Waals surface area contributed by atoms with E-state index in [0.29, 0.717) is 40.5 Å². The first-order valence-corrected chi connectivity index (χ1v) is 8.45. The average molecular weight is 364 g/mol. The van der Waals surface area contributed by atoms with Gasteiger partial charge in [-0.1, -0.05) is 18.2 Å². The molecule has 1 amide bonds. The molecule has 3 heterocycles. The van der Waals surface area contributed by atoms with E-state index in [1.54, 1.807) is 48.3 Å². The van der Waals surface area contributed by atoms with Gasteiger partial charge in [-0.05, 0) is 25.1 Å². The molecule has 1 aromatic carbocycles. The lowest BCUT2D eigenvalue weighted by Gasteiger charge is -2.15. The second-order valence-electron chi connectivity index (χ2n) is 6.13. The third-order valence-electron chi connectivity index (χ3n) is 4.39. The fraction of sp³-hybridized carbons (Fsp3) is 0.158. The van der Waals surface area contributed by atoms with Gasteiger partial charge in [0.1, 0.15) is 22.9 Å². The Hall–Kier alpha value is -3.55. The minimum atomic E-state index is -0.381. The number of halogens is 1. The zero-order valence-electron chi connectivity index (χ0n) is 14.8. The Morgan fingerprint density at radius 3 is 2.59 bits per heavy atom. The van der Waals surface area contributed by atoms with Crippen LogP contribution in [0.25, 0.3) is 23.2 Å². The summed E-state index contributed by atoms with van der Waals surface area (Å²) in [5.74, 6) is -0.607. The van der Waals surface area contributed by atoms with Gasteiger partial charge in [0, 0.05) is 25.4 Å². The molecule has 0 radical (unpaired) electrons. The average Bonchev–Trinajstić information content (AvgIpc) is 3.18. The van der Waals surface area contributed by atoms with Gasteiger partial charge >= 0.3 is 0 Å². The van der Waals surface area contributed by atoms with E-state index < -0.39 is 0 Å². The maximum Gasteiger partial charge on any atom is 0.262 e. The molecule has 3 aromatic rings. The van der Waals surface area contributed by atoms with Crippen molar-refractivity contribution in [2.24, 2.45) is 7.05 Å². The number of hydrogen-bond acceptors (Lipinski definition) is 5. The molecule has 0 saturated carbocycles. The molecule has 2 N–H and O–H groups in total. The molecule has 0 unspecified atom stereocenters. The summed E-state index contributed by atoms with van der Waals surface area (Å²) in [6.07, 6.45) is 3.37. The van der Waals surface area contributed by atoms with Crippen LogP contribution in [0.3, 0.4) is 0 Å². The Labute approximate surface area is 155 Å². The van der Waals surface area contributed by atoms with E-state index in [1.807, 2.05) is 6.92 Å². The molecule has 4 rings (SSSR count). The molecule has 2 aromatic heterocycles. The number of carbonyl (C=O) groups is 1. The normalized spacial score (nSPS) is 14.9. The van der Waals surface area contributed by atoms with Gasteiger partial charge in [-0.25, -0.2) is 14.4 Å². The van der Waals surface area contributed by atoms with E-state index in [1.165, 1.54) is 11.0 Å². The van der Waals surface area contributed by atoms with E-state index in [-0.39, 0.29) is 17.7 Å². The lowest BCUT2D eigenvalue weighted by Crippen LogP contribution is -2.22. The van der Waals surface area contributed by atoms with Gasteiger partial charge in [-0.15, -0.1) is 0 Å². The van der Waals surface area contributed by atoms with Gasteiger partial charge < -0.3 is 10.6 Å². The molecular weight excluding hydrogens is 347 g/mol. The third-order valence-corrected chi connectivity index (χ3v) is 4.39. The summed E-state index contributed by atoms with van der Waals surface area (Å²) in [7, 11) is 1.78. The predicted octanol–water partition coefficient (Wildman–Crippen LogP) is 2.57. The number of carbonyl (C=O) groups excluding carboxylic acids is 1. The van der Waals surface area contributed by atoms with Crippen molar-refractivity contribution in [1.29, 1.82) is 0 Å². The minimum Gasteiger partial charge on any atom is -0.368 e. The second kappa shape index (κ2) is 6.31. The number of rotatable bonds is 3. The van der Waals surface area contributed by atoms with Gasteiger partial charge in [0.15, 0.2) is 0 Å². The van der Waals surface area contributed by atoms with Crippen LogP contribution in [-0.2, 0) is 7.05 Å². The summed E-state index contributed by atoms with van der Waals surface area (Å²) in [6.45, 7) is 2.24. The fourth-order valence-electron chi connectivity index (χ4n) is 3.16. The Morgan fingerprint density at radius 2 is 1.93 bits per heavy atom. The number of hydrogen-bond donors (Lipinski definition) is 1. The Kier molecular flexibility index (Phi) is 3.95. The quantitative estimate of drug-likeness (QED) is 0.771. The second-order valence-corrected chi connectivity index (χ2v) is 6.13. The molecule has 0 bridgehead atoms. The topological polar surface area (TPSA) is 89.9 Å². The van der Waals surface area contributed by atoms with E-state index in [0.717, 1.165) is 0 Å². The van der Waals surface area contributed by atoms with Crippen LogP contribution in [0.4, 0.5) is 10.3 Å². The van der Waals surface area contributed by atoms with Crippen LogP contribution in [0.2, 0.25) is 0 Å². The van der Waals surface area contributed by atoms with E-state index >= 15 is 0 Å². The number of nitrogens with zero attached hydrogens (tertiary/aromatic N) is 5. The zero-order chi connectivity index (χ0) is 19.1. The molecule has 0 fully saturated rings. The van der Waals surface area contributed by atoms with Crippen molar-refractivity contribution in [2.75, 3.05) is 12.3 Å². The number of fused-ring (bicyclic) bond motifs is 1. The summed E-state index contributed by atoms with van der Waals surface area (Å²) >= 11 is 0. The number of nitrogen functional groups attached to an aromatic ring is 1. The molecule has 0 saturated heterocycles.